The highest BCUT2D eigenvalue weighted by Gasteiger charge is 2.32. The van der Waals surface area contributed by atoms with Gasteiger partial charge in [-0.1, -0.05) is 12.8 Å². The van der Waals surface area contributed by atoms with Gasteiger partial charge >= 0.3 is 0 Å². The molecule has 1 saturated carbocycles. The molecule has 0 aliphatic heterocycles. The van der Waals surface area contributed by atoms with Gasteiger partial charge < -0.3 is 10.4 Å². The minimum absolute atomic E-state index is 0.0780. The van der Waals surface area contributed by atoms with Crippen LogP contribution in [-0.4, -0.2) is 23.0 Å². The van der Waals surface area contributed by atoms with Crippen LogP contribution in [0.1, 0.15) is 43.0 Å². The van der Waals surface area contributed by atoms with Crippen LogP contribution in [0.5, 0.6) is 0 Å². The molecule has 1 aliphatic rings. The average Bonchev–Trinajstić information content (AvgIpc) is 2.79. The zero-order valence-corrected chi connectivity index (χ0v) is 10.2. The molecule has 0 saturated heterocycles. The first kappa shape index (κ1) is 12.1. The Morgan fingerprint density at radius 2 is 1.88 bits per heavy atom. The maximum absolute atomic E-state index is 11.2. The van der Waals surface area contributed by atoms with Gasteiger partial charge in [0.05, 0.1) is 12.1 Å². The first-order chi connectivity index (χ1) is 8.15. The van der Waals surface area contributed by atoms with Crippen molar-refractivity contribution in [3.8, 4) is 0 Å². The van der Waals surface area contributed by atoms with Crippen LogP contribution < -0.4 is 5.32 Å². The lowest BCUT2D eigenvalue weighted by atomic mass is 9.98. The van der Waals surface area contributed by atoms with Crippen molar-refractivity contribution in [1.82, 2.24) is 0 Å². The van der Waals surface area contributed by atoms with E-state index in [2.05, 4.69) is 5.32 Å². The lowest BCUT2D eigenvalue weighted by Crippen LogP contribution is -2.38. The summed E-state index contributed by atoms with van der Waals surface area (Å²) in [6.45, 7) is 1.73. The third-order valence-electron chi connectivity index (χ3n) is 3.56. The fourth-order valence-electron chi connectivity index (χ4n) is 2.47. The highest BCUT2D eigenvalue weighted by Crippen LogP contribution is 2.32. The summed E-state index contributed by atoms with van der Waals surface area (Å²) in [6, 6.07) is 7.47. The van der Waals surface area contributed by atoms with Crippen LogP contribution in [0.25, 0.3) is 0 Å². The SMILES string of the molecule is CC(=O)c1ccc(NC2(CO)CCCC2)cc1. The monoisotopic (exact) mass is 233 g/mol. The summed E-state index contributed by atoms with van der Waals surface area (Å²) in [5, 5.41) is 12.9. The number of hydrogen-bond donors (Lipinski definition) is 2. The van der Waals surface area contributed by atoms with Crippen molar-refractivity contribution in [3.05, 3.63) is 29.8 Å². The molecule has 0 amide bonds. The maximum atomic E-state index is 11.2. The fourth-order valence-corrected chi connectivity index (χ4v) is 2.47. The van der Waals surface area contributed by atoms with Crippen LogP contribution in [0.2, 0.25) is 0 Å². The largest absolute Gasteiger partial charge is 0.394 e. The Balaban J connectivity index is 2.10. The normalized spacial score (nSPS) is 18.0. The Labute approximate surface area is 102 Å². The first-order valence-electron chi connectivity index (χ1n) is 6.15. The molecule has 0 aromatic heterocycles. The van der Waals surface area contributed by atoms with E-state index in [4.69, 9.17) is 0 Å². The van der Waals surface area contributed by atoms with Gasteiger partial charge in [-0.3, -0.25) is 4.79 Å². The Bertz CT molecular complexity index is 391. The van der Waals surface area contributed by atoms with Gasteiger partial charge in [-0.05, 0) is 44.0 Å². The molecule has 3 heteroatoms. The molecule has 1 aromatic rings. The topological polar surface area (TPSA) is 49.3 Å². The molecular weight excluding hydrogens is 214 g/mol. The minimum atomic E-state index is -0.155. The highest BCUT2D eigenvalue weighted by molar-refractivity contribution is 5.94. The van der Waals surface area contributed by atoms with Crippen molar-refractivity contribution in [1.29, 1.82) is 0 Å². The molecule has 92 valence electrons. The average molecular weight is 233 g/mol. The Hall–Kier alpha value is -1.35. The van der Waals surface area contributed by atoms with Crippen LogP contribution in [0.15, 0.2) is 24.3 Å². The zero-order valence-electron chi connectivity index (χ0n) is 10.2. The molecular formula is C14H19NO2. The van der Waals surface area contributed by atoms with Crippen LogP contribution in [-0.2, 0) is 0 Å². The molecule has 1 aromatic carbocycles. The number of benzene rings is 1. The number of aliphatic hydroxyl groups excluding tert-OH is 1. The van der Waals surface area contributed by atoms with Crippen molar-refractivity contribution >= 4 is 11.5 Å². The van der Waals surface area contributed by atoms with Gasteiger partial charge in [-0.25, -0.2) is 0 Å². The van der Waals surface area contributed by atoms with Crippen LogP contribution in [0, 0.1) is 0 Å². The van der Waals surface area contributed by atoms with Crippen molar-refractivity contribution in [2.24, 2.45) is 0 Å². The summed E-state index contributed by atoms with van der Waals surface area (Å²) in [5.74, 6) is 0.0780. The second kappa shape index (κ2) is 4.88. The van der Waals surface area contributed by atoms with Crippen molar-refractivity contribution < 1.29 is 9.90 Å². The van der Waals surface area contributed by atoms with Crippen molar-refractivity contribution in [3.63, 3.8) is 0 Å². The van der Waals surface area contributed by atoms with E-state index in [9.17, 15) is 9.90 Å². The molecule has 0 bridgehead atoms. The molecule has 0 spiro atoms. The van der Waals surface area contributed by atoms with Crippen LogP contribution in [0.4, 0.5) is 5.69 Å². The number of carbonyl (C=O) groups excluding carboxylic acids is 1. The van der Waals surface area contributed by atoms with E-state index >= 15 is 0 Å². The molecule has 2 rings (SSSR count). The van der Waals surface area contributed by atoms with Gasteiger partial charge in [0.2, 0.25) is 0 Å². The van der Waals surface area contributed by atoms with E-state index < -0.39 is 0 Å². The van der Waals surface area contributed by atoms with Gasteiger partial charge in [0.1, 0.15) is 0 Å². The molecule has 17 heavy (non-hydrogen) atoms. The molecule has 0 radical (unpaired) electrons. The smallest absolute Gasteiger partial charge is 0.159 e. The van der Waals surface area contributed by atoms with E-state index in [0.717, 1.165) is 24.1 Å². The predicted octanol–water partition coefficient (Wildman–Crippen LogP) is 2.61. The number of hydrogen-bond acceptors (Lipinski definition) is 3. The van der Waals surface area contributed by atoms with Gasteiger partial charge in [0.15, 0.2) is 5.78 Å². The summed E-state index contributed by atoms with van der Waals surface area (Å²) < 4.78 is 0. The number of aliphatic hydroxyl groups is 1. The highest BCUT2D eigenvalue weighted by atomic mass is 16.3. The van der Waals surface area contributed by atoms with Gasteiger partial charge in [0, 0.05) is 11.3 Å². The van der Waals surface area contributed by atoms with Crippen LogP contribution >= 0.6 is 0 Å². The summed E-state index contributed by atoms with van der Waals surface area (Å²) in [4.78, 5) is 11.2. The number of ketones is 1. The van der Waals surface area contributed by atoms with E-state index in [-0.39, 0.29) is 17.9 Å². The number of Topliss-reactive ketones (excluding diaryl/α,β-unsaturated/α-hetero) is 1. The standard InChI is InChI=1S/C14H19NO2/c1-11(17)12-4-6-13(7-5-12)15-14(10-16)8-2-3-9-14/h4-7,15-16H,2-3,8-10H2,1H3. The zero-order chi connectivity index (χ0) is 12.3. The molecule has 3 nitrogen and oxygen atoms in total. The quantitative estimate of drug-likeness (QED) is 0.786. The molecule has 0 unspecified atom stereocenters. The van der Waals surface area contributed by atoms with Gasteiger partial charge in [-0.2, -0.15) is 0 Å². The van der Waals surface area contributed by atoms with Crippen molar-refractivity contribution in [2.75, 3.05) is 11.9 Å². The fraction of sp³-hybridized carbons (Fsp3) is 0.500. The minimum Gasteiger partial charge on any atom is -0.394 e. The molecule has 0 heterocycles. The summed E-state index contributed by atoms with van der Waals surface area (Å²) in [7, 11) is 0. The van der Waals surface area contributed by atoms with Gasteiger partial charge in [0.25, 0.3) is 0 Å². The number of rotatable bonds is 4. The second-order valence-electron chi connectivity index (χ2n) is 4.90. The third-order valence-corrected chi connectivity index (χ3v) is 3.56. The van der Waals surface area contributed by atoms with Gasteiger partial charge in [-0.15, -0.1) is 0 Å². The first-order valence-corrected chi connectivity index (χ1v) is 6.15. The van der Waals surface area contributed by atoms with E-state index in [1.54, 1.807) is 6.92 Å². The van der Waals surface area contributed by atoms with E-state index in [1.807, 2.05) is 24.3 Å². The lowest BCUT2D eigenvalue weighted by molar-refractivity contribution is 0.101. The third kappa shape index (κ3) is 2.67. The maximum Gasteiger partial charge on any atom is 0.159 e. The number of nitrogens with one attached hydrogen (secondary N) is 1. The number of carbonyl (C=O) groups is 1. The summed E-state index contributed by atoms with van der Waals surface area (Å²) in [5.41, 5.74) is 1.54. The lowest BCUT2D eigenvalue weighted by Gasteiger charge is -2.29. The van der Waals surface area contributed by atoms with Crippen LogP contribution in [0.3, 0.4) is 0 Å². The Morgan fingerprint density at radius 3 is 2.35 bits per heavy atom. The van der Waals surface area contributed by atoms with E-state index in [0.29, 0.717) is 0 Å². The predicted molar refractivity (Wildman–Crippen MR) is 68.4 cm³/mol. The van der Waals surface area contributed by atoms with Crippen molar-refractivity contribution in [2.45, 2.75) is 38.1 Å². The molecule has 1 fully saturated rings. The summed E-state index contributed by atoms with van der Waals surface area (Å²) >= 11 is 0. The van der Waals surface area contributed by atoms with E-state index in [1.165, 1.54) is 12.8 Å². The molecule has 1 aliphatic carbocycles. The Kier molecular flexibility index (Phi) is 3.48. The number of anilines is 1. The Morgan fingerprint density at radius 1 is 1.29 bits per heavy atom. The molecule has 0 atom stereocenters. The summed E-state index contributed by atoms with van der Waals surface area (Å²) in [6.07, 6.45) is 4.36. The molecule has 2 N–H and O–H groups in total. The second-order valence-corrected chi connectivity index (χ2v) is 4.90.